The van der Waals surface area contributed by atoms with Crippen molar-refractivity contribution in [3.8, 4) is 0 Å². The van der Waals surface area contributed by atoms with Crippen LogP contribution in [0.5, 0.6) is 0 Å². The van der Waals surface area contributed by atoms with Gasteiger partial charge in [0.15, 0.2) is 0 Å². The van der Waals surface area contributed by atoms with Crippen LogP contribution in [0.2, 0.25) is 5.15 Å². The van der Waals surface area contributed by atoms with Gasteiger partial charge in [-0.15, -0.1) is 0 Å². The third kappa shape index (κ3) is 3.12. The number of nitrogens with zero attached hydrogens (tertiary/aromatic N) is 3. The van der Waals surface area contributed by atoms with Crippen LogP contribution in [0.1, 0.15) is 45.4 Å². The number of anilines is 1. The van der Waals surface area contributed by atoms with Gasteiger partial charge in [-0.1, -0.05) is 25.4 Å². The molecule has 1 N–H and O–H groups in total. The van der Waals surface area contributed by atoms with Crippen molar-refractivity contribution >= 4 is 17.4 Å². The molecule has 1 aliphatic rings. The quantitative estimate of drug-likeness (QED) is 0.839. The fourth-order valence-corrected chi connectivity index (χ4v) is 2.24. The molecule has 1 aromatic heterocycles. The van der Waals surface area contributed by atoms with Gasteiger partial charge in [-0.25, -0.2) is 9.97 Å². The van der Waals surface area contributed by atoms with Gasteiger partial charge in [0.2, 0.25) is 0 Å². The summed E-state index contributed by atoms with van der Waals surface area (Å²) in [7, 11) is 0. The topological polar surface area (TPSA) is 49.2 Å². The van der Waals surface area contributed by atoms with Gasteiger partial charge in [0.1, 0.15) is 16.8 Å². The molecule has 0 saturated carbocycles. The summed E-state index contributed by atoms with van der Waals surface area (Å²) in [6, 6.07) is 1.80. The summed E-state index contributed by atoms with van der Waals surface area (Å²) in [5.41, 5.74) is -0.547. The van der Waals surface area contributed by atoms with E-state index >= 15 is 0 Å². The summed E-state index contributed by atoms with van der Waals surface area (Å²) in [4.78, 5) is 11.0. The molecule has 0 amide bonds. The van der Waals surface area contributed by atoms with Crippen LogP contribution < -0.4 is 4.90 Å². The minimum atomic E-state index is -0.547. The maximum absolute atomic E-state index is 9.95. The van der Waals surface area contributed by atoms with E-state index in [1.54, 1.807) is 6.07 Å². The zero-order valence-electron chi connectivity index (χ0n) is 11.1. The van der Waals surface area contributed by atoms with Crippen molar-refractivity contribution in [2.75, 3.05) is 18.0 Å². The maximum Gasteiger partial charge on any atom is 0.135 e. The first-order valence-electron chi connectivity index (χ1n) is 6.39. The molecule has 1 aromatic rings. The van der Waals surface area contributed by atoms with Gasteiger partial charge >= 0.3 is 0 Å². The van der Waals surface area contributed by atoms with Gasteiger partial charge < -0.3 is 10.0 Å². The van der Waals surface area contributed by atoms with Crippen LogP contribution in [0, 0.1) is 0 Å². The normalized spacial score (nSPS) is 19.3. The molecular weight excluding hydrogens is 250 g/mol. The van der Waals surface area contributed by atoms with E-state index in [9.17, 15) is 5.11 Å². The second-order valence-electron chi connectivity index (χ2n) is 5.55. The summed E-state index contributed by atoms with van der Waals surface area (Å²) >= 11 is 6.04. The van der Waals surface area contributed by atoms with Crippen molar-refractivity contribution in [1.29, 1.82) is 0 Å². The molecule has 0 atom stereocenters. The fourth-order valence-electron chi connectivity index (χ4n) is 2.06. The molecule has 2 rings (SSSR count). The molecule has 1 aliphatic heterocycles. The van der Waals surface area contributed by atoms with Crippen LogP contribution in [-0.2, 0) is 0 Å². The van der Waals surface area contributed by atoms with E-state index in [1.807, 2.05) is 6.92 Å². The second-order valence-corrected chi connectivity index (χ2v) is 5.93. The van der Waals surface area contributed by atoms with Crippen LogP contribution in [0.3, 0.4) is 0 Å². The van der Waals surface area contributed by atoms with Crippen molar-refractivity contribution < 1.29 is 5.11 Å². The van der Waals surface area contributed by atoms with E-state index < -0.39 is 5.60 Å². The first-order chi connectivity index (χ1) is 8.37. The van der Waals surface area contributed by atoms with Crippen molar-refractivity contribution in [3.63, 3.8) is 0 Å². The number of hydrogen-bond donors (Lipinski definition) is 1. The average Bonchev–Trinajstić information content (AvgIpc) is 2.28. The highest BCUT2D eigenvalue weighted by molar-refractivity contribution is 6.29. The number of halogens is 1. The largest absolute Gasteiger partial charge is 0.390 e. The van der Waals surface area contributed by atoms with Gasteiger partial charge in [-0.2, -0.15) is 0 Å². The molecule has 4 nitrogen and oxygen atoms in total. The Labute approximate surface area is 113 Å². The van der Waals surface area contributed by atoms with Gasteiger partial charge in [0.05, 0.1) is 5.60 Å². The third-order valence-corrected chi connectivity index (χ3v) is 3.57. The molecule has 0 unspecified atom stereocenters. The van der Waals surface area contributed by atoms with E-state index in [-0.39, 0.29) is 5.92 Å². The number of aromatic nitrogens is 2. The Morgan fingerprint density at radius 1 is 1.33 bits per heavy atom. The van der Waals surface area contributed by atoms with Gasteiger partial charge in [0, 0.05) is 25.1 Å². The Hall–Kier alpha value is -0.870. The lowest BCUT2D eigenvalue weighted by atomic mass is 9.94. The molecule has 1 fully saturated rings. The van der Waals surface area contributed by atoms with Crippen LogP contribution in [0.4, 0.5) is 5.82 Å². The number of piperidine rings is 1. The summed E-state index contributed by atoms with van der Waals surface area (Å²) in [6.07, 6.45) is 1.51. The Kier molecular flexibility index (Phi) is 3.78. The highest BCUT2D eigenvalue weighted by Crippen LogP contribution is 2.26. The molecule has 100 valence electrons. The smallest absolute Gasteiger partial charge is 0.135 e. The Morgan fingerprint density at radius 3 is 2.50 bits per heavy atom. The van der Waals surface area contributed by atoms with E-state index in [1.165, 1.54) is 0 Å². The van der Waals surface area contributed by atoms with E-state index in [0.717, 1.165) is 37.6 Å². The van der Waals surface area contributed by atoms with Crippen LogP contribution >= 0.6 is 11.6 Å². The standard InChI is InChI=1S/C13H20ClN3O/c1-9(2)12-15-10(14)8-11(16-12)17-6-4-13(3,18)5-7-17/h8-9,18H,4-7H2,1-3H3. The molecule has 18 heavy (non-hydrogen) atoms. The molecule has 1 saturated heterocycles. The van der Waals surface area contributed by atoms with E-state index in [2.05, 4.69) is 28.7 Å². The lowest BCUT2D eigenvalue weighted by Gasteiger charge is -2.36. The highest BCUT2D eigenvalue weighted by Gasteiger charge is 2.28. The molecule has 0 spiro atoms. The summed E-state index contributed by atoms with van der Waals surface area (Å²) in [6.45, 7) is 7.60. The van der Waals surface area contributed by atoms with Crippen LogP contribution in [0.15, 0.2) is 6.07 Å². The molecule has 0 aromatic carbocycles. The van der Waals surface area contributed by atoms with E-state index in [0.29, 0.717) is 5.15 Å². The summed E-state index contributed by atoms with van der Waals surface area (Å²) < 4.78 is 0. The first kappa shape index (κ1) is 13.6. The zero-order valence-corrected chi connectivity index (χ0v) is 11.9. The minimum absolute atomic E-state index is 0.260. The van der Waals surface area contributed by atoms with Crippen molar-refractivity contribution in [2.45, 2.75) is 45.1 Å². The number of rotatable bonds is 2. The number of hydrogen-bond acceptors (Lipinski definition) is 4. The van der Waals surface area contributed by atoms with Crippen molar-refractivity contribution in [2.24, 2.45) is 0 Å². The molecule has 2 heterocycles. The SMILES string of the molecule is CC(C)c1nc(Cl)cc(N2CCC(C)(O)CC2)n1. The highest BCUT2D eigenvalue weighted by atomic mass is 35.5. The summed E-state index contributed by atoms with van der Waals surface area (Å²) in [5, 5.41) is 10.4. The zero-order chi connectivity index (χ0) is 13.3. The lowest BCUT2D eigenvalue weighted by Crippen LogP contribution is -2.42. The summed E-state index contributed by atoms with van der Waals surface area (Å²) in [5.74, 6) is 1.90. The van der Waals surface area contributed by atoms with Gasteiger partial charge in [0.25, 0.3) is 0 Å². The Bertz CT molecular complexity index is 424. The van der Waals surface area contributed by atoms with Gasteiger partial charge in [-0.3, -0.25) is 0 Å². The Morgan fingerprint density at radius 2 is 1.94 bits per heavy atom. The molecule has 0 bridgehead atoms. The third-order valence-electron chi connectivity index (χ3n) is 3.38. The average molecular weight is 270 g/mol. The van der Waals surface area contributed by atoms with E-state index in [4.69, 9.17) is 11.6 Å². The number of aliphatic hydroxyl groups is 1. The molecule has 0 aliphatic carbocycles. The molecule has 5 heteroatoms. The van der Waals surface area contributed by atoms with Gasteiger partial charge in [-0.05, 0) is 19.8 Å². The fraction of sp³-hybridized carbons (Fsp3) is 0.692. The maximum atomic E-state index is 9.95. The van der Waals surface area contributed by atoms with Crippen LogP contribution in [-0.4, -0.2) is 33.8 Å². The van der Waals surface area contributed by atoms with Crippen molar-refractivity contribution in [3.05, 3.63) is 17.0 Å². The monoisotopic (exact) mass is 269 g/mol. The predicted molar refractivity (Wildman–Crippen MR) is 73.2 cm³/mol. The first-order valence-corrected chi connectivity index (χ1v) is 6.77. The lowest BCUT2D eigenvalue weighted by molar-refractivity contribution is 0.0350. The molecular formula is C13H20ClN3O. The van der Waals surface area contributed by atoms with Crippen LogP contribution in [0.25, 0.3) is 0 Å². The molecule has 0 radical (unpaired) electrons. The second kappa shape index (κ2) is 5.02. The Balaban J connectivity index is 2.19. The predicted octanol–water partition coefficient (Wildman–Crippen LogP) is 2.60. The minimum Gasteiger partial charge on any atom is -0.390 e. The van der Waals surface area contributed by atoms with Crippen molar-refractivity contribution in [1.82, 2.24) is 9.97 Å².